The Kier molecular flexibility index (Phi) is 4.42. The molecule has 0 bridgehead atoms. The molecule has 0 saturated carbocycles. The monoisotopic (exact) mass is 389 g/mol. The van der Waals surface area contributed by atoms with Crippen molar-refractivity contribution in [1.82, 2.24) is 9.55 Å². The molecule has 2 aromatic heterocycles. The number of rotatable bonds is 4. The number of amides is 1. The molecule has 0 saturated heterocycles. The molecule has 2 heterocycles. The van der Waals surface area contributed by atoms with Gasteiger partial charge in [-0.2, -0.15) is 0 Å². The molecule has 6 nitrogen and oxygen atoms in total. The van der Waals surface area contributed by atoms with Gasteiger partial charge in [0.05, 0.1) is 23.8 Å². The number of nitrogens with one attached hydrogen (secondary N) is 1. The third-order valence-electron chi connectivity index (χ3n) is 4.44. The van der Waals surface area contributed by atoms with Crippen LogP contribution in [0, 0.1) is 0 Å². The first-order valence-electron chi connectivity index (χ1n) is 8.20. The number of hydrogen-bond acceptors (Lipinski definition) is 5. The van der Waals surface area contributed by atoms with E-state index in [1.54, 1.807) is 29.5 Å². The molecule has 134 valence electrons. The summed E-state index contributed by atoms with van der Waals surface area (Å²) in [6.45, 7) is -0.101. The molecule has 26 heavy (non-hydrogen) atoms. The van der Waals surface area contributed by atoms with Crippen molar-refractivity contribution in [2.45, 2.75) is 25.8 Å². The summed E-state index contributed by atoms with van der Waals surface area (Å²) in [6, 6.07) is 4.97. The molecule has 8 heteroatoms. The van der Waals surface area contributed by atoms with Gasteiger partial charge in [0, 0.05) is 10.6 Å². The molecular formula is C18H16ClN3O3S. The van der Waals surface area contributed by atoms with Crippen molar-refractivity contribution in [3.8, 4) is 5.75 Å². The Bertz CT molecular complexity index is 1070. The van der Waals surface area contributed by atoms with E-state index in [2.05, 4.69) is 10.3 Å². The molecule has 3 aromatic rings. The summed E-state index contributed by atoms with van der Waals surface area (Å²) < 4.78 is 6.44. The zero-order valence-electron chi connectivity index (χ0n) is 14.0. The fourth-order valence-electron chi connectivity index (χ4n) is 3.23. The number of methoxy groups -OCH3 is 1. The number of carbonyl (C=O) groups excluding carboxylic acids is 1. The highest BCUT2D eigenvalue weighted by Crippen LogP contribution is 2.34. The van der Waals surface area contributed by atoms with E-state index in [9.17, 15) is 9.59 Å². The summed E-state index contributed by atoms with van der Waals surface area (Å²) in [6.07, 6.45) is 4.43. The lowest BCUT2D eigenvalue weighted by Gasteiger charge is -2.09. The van der Waals surface area contributed by atoms with Crippen LogP contribution in [-0.2, 0) is 24.2 Å². The molecular weight excluding hydrogens is 374 g/mol. The number of hydrogen-bond donors (Lipinski definition) is 1. The van der Waals surface area contributed by atoms with Gasteiger partial charge in [-0.05, 0) is 43.0 Å². The minimum absolute atomic E-state index is 0.101. The summed E-state index contributed by atoms with van der Waals surface area (Å²) >= 11 is 7.65. The highest BCUT2D eigenvalue weighted by molar-refractivity contribution is 7.18. The lowest BCUT2D eigenvalue weighted by molar-refractivity contribution is -0.116. The van der Waals surface area contributed by atoms with Crippen molar-refractivity contribution in [1.29, 1.82) is 0 Å². The first-order valence-corrected chi connectivity index (χ1v) is 9.39. The first kappa shape index (κ1) is 17.1. The van der Waals surface area contributed by atoms with Gasteiger partial charge >= 0.3 is 0 Å². The van der Waals surface area contributed by atoms with E-state index in [0.717, 1.165) is 29.7 Å². The van der Waals surface area contributed by atoms with Crippen LogP contribution in [0.3, 0.4) is 0 Å². The zero-order chi connectivity index (χ0) is 18.3. The Hall–Kier alpha value is -2.38. The Labute approximate surface area is 158 Å². The minimum Gasteiger partial charge on any atom is -0.495 e. The molecule has 0 spiro atoms. The van der Waals surface area contributed by atoms with Crippen molar-refractivity contribution < 1.29 is 9.53 Å². The first-order chi connectivity index (χ1) is 12.6. The van der Waals surface area contributed by atoms with Gasteiger partial charge < -0.3 is 10.1 Å². The van der Waals surface area contributed by atoms with Gasteiger partial charge in [-0.1, -0.05) is 11.6 Å². The molecule has 0 aliphatic heterocycles. The molecule has 1 amide bonds. The number of aryl methyl sites for hydroxylation is 2. The number of thiophene rings is 1. The SMILES string of the molecule is COc1ccc(NC(=O)Cn2cnc3sc4c(c3c2=O)CCC4)cc1Cl. The lowest BCUT2D eigenvalue weighted by Crippen LogP contribution is -2.28. The molecule has 0 fully saturated rings. The second-order valence-corrected chi connectivity index (χ2v) is 7.60. The average Bonchev–Trinajstić information content (AvgIpc) is 3.18. The topological polar surface area (TPSA) is 73.2 Å². The van der Waals surface area contributed by atoms with Crippen LogP contribution in [0.4, 0.5) is 5.69 Å². The second kappa shape index (κ2) is 6.74. The maximum atomic E-state index is 12.8. The van der Waals surface area contributed by atoms with Gasteiger partial charge in [0.2, 0.25) is 5.91 Å². The number of anilines is 1. The summed E-state index contributed by atoms with van der Waals surface area (Å²) in [4.78, 5) is 31.5. The maximum absolute atomic E-state index is 12.8. The summed E-state index contributed by atoms with van der Waals surface area (Å²) in [5, 5.41) is 3.81. The van der Waals surface area contributed by atoms with Crippen LogP contribution in [0.25, 0.3) is 10.2 Å². The average molecular weight is 390 g/mol. The second-order valence-electron chi connectivity index (χ2n) is 6.11. The number of nitrogens with zero attached hydrogens (tertiary/aromatic N) is 2. The molecule has 4 rings (SSSR count). The lowest BCUT2D eigenvalue weighted by atomic mass is 10.2. The maximum Gasteiger partial charge on any atom is 0.262 e. The van der Waals surface area contributed by atoms with Gasteiger partial charge in [0.15, 0.2) is 0 Å². The molecule has 0 unspecified atom stereocenters. The Balaban J connectivity index is 1.57. The van der Waals surface area contributed by atoms with Crippen molar-refractivity contribution >= 4 is 44.7 Å². The fourth-order valence-corrected chi connectivity index (χ4v) is 4.71. The molecule has 1 aromatic carbocycles. The Morgan fingerprint density at radius 2 is 2.27 bits per heavy atom. The normalized spacial score (nSPS) is 13.0. The van der Waals surface area contributed by atoms with E-state index >= 15 is 0 Å². The van der Waals surface area contributed by atoms with Crippen LogP contribution in [0.5, 0.6) is 5.75 Å². The molecule has 0 atom stereocenters. The summed E-state index contributed by atoms with van der Waals surface area (Å²) in [5.74, 6) is 0.211. The molecule has 0 radical (unpaired) electrons. The predicted molar refractivity (Wildman–Crippen MR) is 103 cm³/mol. The van der Waals surface area contributed by atoms with Crippen LogP contribution >= 0.6 is 22.9 Å². The van der Waals surface area contributed by atoms with Gasteiger partial charge in [0.25, 0.3) is 5.56 Å². The highest BCUT2D eigenvalue weighted by atomic mass is 35.5. The predicted octanol–water partition coefficient (Wildman–Crippen LogP) is 3.25. The van der Waals surface area contributed by atoms with Crippen molar-refractivity contribution in [3.05, 3.63) is 50.3 Å². The van der Waals surface area contributed by atoms with E-state index in [4.69, 9.17) is 16.3 Å². The number of ether oxygens (including phenoxy) is 1. The highest BCUT2D eigenvalue weighted by Gasteiger charge is 2.21. The quantitative estimate of drug-likeness (QED) is 0.743. The molecule has 1 aliphatic carbocycles. The van der Waals surface area contributed by atoms with E-state index in [-0.39, 0.29) is 18.0 Å². The largest absolute Gasteiger partial charge is 0.495 e. The zero-order valence-corrected chi connectivity index (χ0v) is 15.6. The third-order valence-corrected chi connectivity index (χ3v) is 5.94. The standard InChI is InChI=1S/C18H16ClN3O3S/c1-25-13-6-5-10(7-12(13)19)21-15(23)8-22-9-20-17-16(18(22)24)11-3-2-4-14(11)26-17/h5-7,9H,2-4,8H2,1H3,(H,21,23). The number of aromatic nitrogens is 2. The number of benzene rings is 1. The van der Waals surface area contributed by atoms with E-state index in [0.29, 0.717) is 21.8 Å². The number of fused-ring (bicyclic) bond motifs is 3. The van der Waals surface area contributed by atoms with E-state index in [1.165, 1.54) is 22.9 Å². The molecule has 1 N–H and O–H groups in total. The summed E-state index contributed by atoms with van der Waals surface area (Å²) in [7, 11) is 1.52. The van der Waals surface area contributed by atoms with E-state index < -0.39 is 0 Å². The minimum atomic E-state index is -0.318. The van der Waals surface area contributed by atoms with Crippen LogP contribution in [-0.4, -0.2) is 22.6 Å². The number of carbonyl (C=O) groups is 1. The van der Waals surface area contributed by atoms with Crippen molar-refractivity contribution in [2.24, 2.45) is 0 Å². The fraction of sp³-hybridized carbons (Fsp3) is 0.278. The smallest absolute Gasteiger partial charge is 0.262 e. The van der Waals surface area contributed by atoms with Crippen LogP contribution in [0.2, 0.25) is 5.02 Å². The van der Waals surface area contributed by atoms with Gasteiger partial charge in [-0.25, -0.2) is 4.98 Å². The summed E-state index contributed by atoms with van der Waals surface area (Å²) in [5.41, 5.74) is 1.50. The van der Waals surface area contributed by atoms with Crippen molar-refractivity contribution in [3.63, 3.8) is 0 Å². The van der Waals surface area contributed by atoms with Gasteiger partial charge in [-0.3, -0.25) is 14.2 Å². The van der Waals surface area contributed by atoms with Crippen molar-refractivity contribution in [2.75, 3.05) is 12.4 Å². The molecule has 1 aliphatic rings. The Morgan fingerprint density at radius 1 is 1.42 bits per heavy atom. The Morgan fingerprint density at radius 3 is 3.04 bits per heavy atom. The third kappa shape index (κ3) is 2.97. The van der Waals surface area contributed by atoms with Gasteiger partial charge in [0.1, 0.15) is 17.1 Å². The number of halogens is 1. The van der Waals surface area contributed by atoms with Gasteiger partial charge in [-0.15, -0.1) is 11.3 Å². The van der Waals surface area contributed by atoms with Crippen LogP contribution in [0.15, 0.2) is 29.3 Å². The van der Waals surface area contributed by atoms with E-state index in [1.807, 2.05) is 0 Å². The van der Waals surface area contributed by atoms with Crippen LogP contribution in [0.1, 0.15) is 16.9 Å². The van der Waals surface area contributed by atoms with Crippen LogP contribution < -0.4 is 15.6 Å².